The molecule has 2 heterocycles. The van der Waals surface area contributed by atoms with Gasteiger partial charge in [0.25, 0.3) is 5.91 Å². The minimum atomic E-state index is -0.120. The molecule has 1 aromatic carbocycles. The number of carbonyl (C=O) groups excluding carboxylic acids is 1. The standard InChI is InChI=1S/C17H17ClN2O2S/c18-12-5-7-14(8-6-12)23-17-15(4-1-9-19-17)16(21)20-11-13-3-2-10-22-13/h1,4-9,13H,2-3,10-11H2,(H,20,21). The van der Waals surface area contributed by atoms with E-state index < -0.39 is 0 Å². The fourth-order valence-electron chi connectivity index (χ4n) is 2.37. The van der Waals surface area contributed by atoms with Gasteiger partial charge in [-0.15, -0.1) is 0 Å². The number of nitrogens with zero attached hydrogens (tertiary/aromatic N) is 1. The molecule has 0 aliphatic carbocycles. The fraction of sp³-hybridized carbons (Fsp3) is 0.294. The highest BCUT2D eigenvalue weighted by Crippen LogP contribution is 2.29. The molecule has 1 saturated heterocycles. The van der Waals surface area contributed by atoms with E-state index in [9.17, 15) is 4.79 Å². The summed E-state index contributed by atoms with van der Waals surface area (Å²) in [6.45, 7) is 1.32. The summed E-state index contributed by atoms with van der Waals surface area (Å²) in [7, 11) is 0. The molecule has 1 atom stereocenters. The van der Waals surface area contributed by atoms with Gasteiger partial charge in [0.1, 0.15) is 5.03 Å². The van der Waals surface area contributed by atoms with Crippen LogP contribution in [-0.4, -0.2) is 30.1 Å². The molecule has 1 aliphatic rings. The predicted octanol–water partition coefficient (Wildman–Crippen LogP) is 3.80. The van der Waals surface area contributed by atoms with E-state index in [4.69, 9.17) is 16.3 Å². The number of pyridine rings is 1. The maximum atomic E-state index is 12.4. The number of ether oxygens (including phenoxy) is 1. The van der Waals surface area contributed by atoms with Gasteiger partial charge in [0.05, 0.1) is 11.7 Å². The average Bonchev–Trinajstić information content (AvgIpc) is 3.09. The van der Waals surface area contributed by atoms with E-state index >= 15 is 0 Å². The maximum absolute atomic E-state index is 12.4. The van der Waals surface area contributed by atoms with E-state index in [2.05, 4.69) is 10.3 Å². The van der Waals surface area contributed by atoms with Crippen LogP contribution >= 0.6 is 23.4 Å². The van der Waals surface area contributed by atoms with Crippen LogP contribution in [0.4, 0.5) is 0 Å². The Kier molecular flexibility index (Phi) is 5.54. The topological polar surface area (TPSA) is 51.2 Å². The number of hydrogen-bond acceptors (Lipinski definition) is 4. The average molecular weight is 349 g/mol. The molecular weight excluding hydrogens is 332 g/mol. The van der Waals surface area contributed by atoms with E-state index in [-0.39, 0.29) is 12.0 Å². The number of halogens is 1. The molecule has 2 aromatic rings. The van der Waals surface area contributed by atoms with Crippen molar-refractivity contribution in [2.75, 3.05) is 13.2 Å². The summed E-state index contributed by atoms with van der Waals surface area (Å²) < 4.78 is 5.53. The number of nitrogens with one attached hydrogen (secondary N) is 1. The molecule has 0 bridgehead atoms. The van der Waals surface area contributed by atoms with Crippen molar-refractivity contribution in [3.8, 4) is 0 Å². The SMILES string of the molecule is O=C(NCC1CCCO1)c1cccnc1Sc1ccc(Cl)cc1. The lowest BCUT2D eigenvalue weighted by atomic mass is 10.2. The summed E-state index contributed by atoms with van der Waals surface area (Å²) in [6.07, 6.45) is 3.88. The Bertz CT molecular complexity index is 673. The van der Waals surface area contributed by atoms with Crippen LogP contribution in [-0.2, 0) is 4.74 Å². The van der Waals surface area contributed by atoms with Gasteiger partial charge in [-0.05, 0) is 49.2 Å². The maximum Gasteiger partial charge on any atom is 0.254 e. The molecule has 0 saturated carbocycles. The van der Waals surface area contributed by atoms with Crippen LogP contribution in [0.3, 0.4) is 0 Å². The number of rotatable bonds is 5. The second kappa shape index (κ2) is 7.81. The van der Waals surface area contributed by atoms with Gasteiger partial charge in [-0.2, -0.15) is 0 Å². The Balaban J connectivity index is 1.69. The lowest BCUT2D eigenvalue weighted by molar-refractivity contribution is 0.0855. The molecule has 4 nitrogen and oxygen atoms in total. The molecule has 1 N–H and O–H groups in total. The van der Waals surface area contributed by atoms with Crippen molar-refractivity contribution in [1.29, 1.82) is 0 Å². The van der Waals surface area contributed by atoms with Crippen LogP contribution in [0.1, 0.15) is 23.2 Å². The van der Waals surface area contributed by atoms with Crippen molar-refractivity contribution >= 4 is 29.3 Å². The predicted molar refractivity (Wildman–Crippen MR) is 91.1 cm³/mol. The van der Waals surface area contributed by atoms with Crippen LogP contribution in [0, 0.1) is 0 Å². The monoisotopic (exact) mass is 348 g/mol. The Hall–Kier alpha value is -1.56. The lowest BCUT2D eigenvalue weighted by Gasteiger charge is -2.12. The minimum Gasteiger partial charge on any atom is -0.376 e. The van der Waals surface area contributed by atoms with E-state index in [0.717, 1.165) is 24.3 Å². The van der Waals surface area contributed by atoms with Crippen molar-refractivity contribution in [1.82, 2.24) is 10.3 Å². The van der Waals surface area contributed by atoms with Gasteiger partial charge in [-0.3, -0.25) is 4.79 Å². The number of benzene rings is 1. The molecule has 1 aliphatic heterocycles. The summed E-state index contributed by atoms with van der Waals surface area (Å²) in [5.74, 6) is -0.120. The third kappa shape index (κ3) is 4.47. The second-order valence-electron chi connectivity index (χ2n) is 5.26. The lowest BCUT2D eigenvalue weighted by Crippen LogP contribution is -2.32. The van der Waals surface area contributed by atoms with Crippen LogP contribution < -0.4 is 5.32 Å². The molecule has 1 fully saturated rings. The van der Waals surface area contributed by atoms with Gasteiger partial charge in [-0.1, -0.05) is 23.4 Å². The zero-order valence-corrected chi connectivity index (χ0v) is 14.1. The van der Waals surface area contributed by atoms with Crippen molar-refractivity contribution in [2.24, 2.45) is 0 Å². The molecule has 0 radical (unpaired) electrons. The van der Waals surface area contributed by atoms with E-state index in [1.54, 1.807) is 18.3 Å². The molecule has 120 valence electrons. The molecular formula is C17H17ClN2O2S. The zero-order valence-electron chi connectivity index (χ0n) is 12.5. The summed E-state index contributed by atoms with van der Waals surface area (Å²) in [6, 6.07) is 11.0. The molecule has 1 amide bonds. The van der Waals surface area contributed by atoms with E-state index in [1.165, 1.54) is 11.8 Å². The Morgan fingerprint density at radius 2 is 2.17 bits per heavy atom. The normalized spacial score (nSPS) is 17.2. The quantitative estimate of drug-likeness (QED) is 0.893. The molecule has 0 spiro atoms. The summed E-state index contributed by atoms with van der Waals surface area (Å²) in [5, 5.41) is 4.30. The summed E-state index contributed by atoms with van der Waals surface area (Å²) >= 11 is 7.35. The van der Waals surface area contributed by atoms with Gasteiger partial charge < -0.3 is 10.1 Å². The van der Waals surface area contributed by atoms with Gasteiger partial charge in [-0.25, -0.2) is 4.98 Å². The van der Waals surface area contributed by atoms with Crippen LogP contribution in [0.15, 0.2) is 52.5 Å². The summed E-state index contributed by atoms with van der Waals surface area (Å²) in [5.41, 5.74) is 0.574. The van der Waals surface area contributed by atoms with Crippen molar-refractivity contribution in [3.05, 3.63) is 53.2 Å². The van der Waals surface area contributed by atoms with E-state index in [0.29, 0.717) is 22.2 Å². The van der Waals surface area contributed by atoms with Gasteiger partial charge in [0, 0.05) is 29.3 Å². The van der Waals surface area contributed by atoms with Crippen molar-refractivity contribution in [2.45, 2.75) is 28.9 Å². The molecule has 1 aromatic heterocycles. The number of aromatic nitrogens is 1. The first-order valence-corrected chi connectivity index (χ1v) is 8.70. The Labute approximate surface area is 144 Å². The highest BCUT2D eigenvalue weighted by Gasteiger charge is 2.18. The third-order valence-electron chi connectivity index (χ3n) is 3.56. The third-order valence-corrected chi connectivity index (χ3v) is 4.84. The number of amides is 1. The first-order valence-electron chi connectivity index (χ1n) is 7.50. The zero-order chi connectivity index (χ0) is 16.1. The molecule has 1 unspecified atom stereocenters. The smallest absolute Gasteiger partial charge is 0.254 e. The largest absolute Gasteiger partial charge is 0.376 e. The fourth-order valence-corrected chi connectivity index (χ4v) is 3.37. The minimum absolute atomic E-state index is 0.120. The van der Waals surface area contributed by atoms with Crippen LogP contribution in [0.25, 0.3) is 0 Å². The van der Waals surface area contributed by atoms with Crippen LogP contribution in [0.2, 0.25) is 5.02 Å². The highest BCUT2D eigenvalue weighted by molar-refractivity contribution is 7.99. The Morgan fingerprint density at radius 3 is 2.91 bits per heavy atom. The second-order valence-corrected chi connectivity index (χ2v) is 6.76. The van der Waals surface area contributed by atoms with E-state index in [1.807, 2.05) is 24.3 Å². The summed E-state index contributed by atoms with van der Waals surface area (Å²) in [4.78, 5) is 17.7. The molecule has 23 heavy (non-hydrogen) atoms. The van der Waals surface area contributed by atoms with Gasteiger partial charge >= 0.3 is 0 Å². The first-order chi connectivity index (χ1) is 11.2. The number of hydrogen-bond donors (Lipinski definition) is 1. The van der Waals surface area contributed by atoms with Crippen molar-refractivity contribution in [3.63, 3.8) is 0 Å². The van der Waals surface area contributed by atoms with Gasteiger partial charge in [0.2, 0.25) is 0 Å². The Morgan fingerprint density at radius 1 is 1.35 bits per heavy atom. The molecule has 6 heteroatoms. The first kappa shape index (κ1) is 16.3. The molecule has 3 rings (SSSR count). The van der Waals surface area contributed by atoms with Crippen LogP contribution in [0.5, 0.6) is 0 Å². The number of carbonyl (C=O) groups is 1. The highest BCUT2D eigenvalue weighted by atomic mass is 35.5. The van der Waals surface area contributed by atoms with Gasteiger partial charge in [0.15, 0.2) is 0 Å². The van der Waals surface area contributed by atoms with Crippen molar-refractivity contribution < 1.29 is 9.53 Å².